The fraction of sp³-hybridized carbons (Fsp3) is 0.500. The van der Waals surface area contributed by atoms with Crippen LogP contribution in [0.5, 0.6) is 0 Å². The first-order valence-electron chi connectivity index (χ1n) is 4.60. The second-order valence-electron chi connectivity index (χ2n) is 3.12. The van der Waals surface area contributed by atoms with Gasteiger partial charge in [-0.3, -0.25) is 0 Å². The number of carbonyl (C=O) groups is 1. The predicted octanol–water partition coefficient (Wildman–Crippen LogP) is 1.54. The Morgan fingerprint density at radius 3 is 2.64 bits per heavy atom. The van der Waals surface area contributed by atoms with Crippen molar-refractivity contribution in [2.24, 2.45) is 0 Å². The lowest BCUT2D eigenvalue weighted by atomic mass is 10.1. The molecule has 0 aliphatic heterocycles. The standard InChI is InChI=1S/C10H15NO3/c1-14-8-4-5-9(10(12)13)11-6-2-3-7-11/h2-3,6-7,9H,4-5,8H2,1H3,(H,12,13). The summed E-state index contributed by atoms with van der Waals surface area (Å²) >= 11 is 0. The summed E-state index contributed by atoms with van der Waals surface area (Å²) in [7, 11) is 1.62. The van der Waals surface area contributed by atoms with E-state index in [2.05, 4.69) is 0 Å². The van der Waals surface area contributed by atoms with Gasteiger partial charge in [0.15, 0.2) is 0 Å². The number of nitrogens with zero attached hydrogens (tertiary/aromatic N) is 1. The normalized spacial score (nSPS) is 12.6. The van der Waals surface area contributed by atoms with Crippen LogP contribution < -0.4 is 0 Å². The summed E-state index contributed by atoms with van der Waals surface area (Å²) < 4.78 is 6.59. The lowest BCUT2D eigenvalue weighted by Crippen LogP contribution is -2.18. The molecule has 0 fully saturated rings. The molecule has 0 aliphatic carbocycles. The van der Waals surface area contributed by atoms with Gasteiger partial charge in [0.25, 0.3) is 0 Å². The molecule has 0 amide bonds. The van der Waals surface area contributed by atoms with Crippen LogP contribution in [0, 0.1) is 0 Å². The highest BCUT2D eigenvalue weighted by Crippen LogP contribution is 2.14. The van der Waals surface area contributed by atoms with Crippen LogP contribution in [-0.2, 0) is 9.53 Å². The number of methoxy groups -OCH3 is 1. The Kier molecular flexibility index (Phi) is 4.19. The molecule has 0 spiro atoms. The summed E-state index contributed by atoms with van der Waals surface area (Å²) in [4.78, 5) is 10.9. The molecule has 78 valence electrons. The van der Waals surface area contributed by atoms with E-state index in [1.807, 2.05) is 12.1 Å². The van der Waals surface area contributed by atoms with Crippen molar-refractivity contribution in [3.05, 3.63) is 24.5 Å². The topological polar surface area (TPSA) is 51.5 Å². The Bertz CT molecular complexity index is 269. The van der Waals surface area contributed by atoms with E-state index in [9.17, 15) is 4.79 Å². The second-order valence-corrected chi connectivity index (χ2v) is 3.12. The van der Waals surface area contributed by atoms with Gasteiger partial charge in [-0.2, -0.15) is 0 Å². The molecule has 0 aliphatic rings. The molecule has 0 bridgehead atoms. The first-order valence-corrected chi connectivity index (χ1v) is 4.60. The van der Waals surface area contributed by atoms with Crippen LogP contribution in [0.25, 0.3) is 0 Å². The van der Waals surface area contributed by atoms with Gasteiger partial charge in [0, 0.05) is 26.1 Å². The molecule has 1 aromatic rings. The van der Waals surface area contributed by atoms with Gasteiger partial charge in [-0.15, -0.1) is 0 Å². The molecule has 1 rings (SSSR count). The van der Waals surface area contributed by atoms with Crippen LogP contribution >= 0.6 is 0 Å². The molecular weight excluding hydrogens is 182 g/mol. The highest BCUT2D eigenvalue weighted by molar-refractivity contribution is 5.71. The zero-order valence-corrected chi connectivity index (χ0v) is 8.22. The minimum Gasteiger partial charge on any atom is -0.480 e. The number of hydrogen-bond donors (Lipinski definition) is 1. The largest absolute Gasteiger partial charge is 0.480 e. The van der Waals surface area contributed by atoms with Crippen molar-refractivity contribution < 1.29 is 14.6 Å². The SMILES string of the molecule is COCCCC(C(=O)O)n1cccc1. The van der Waals surface area contributed by atoms with E-state index in [-0.39, 0.29) is 0 Å². The van der Waals surface area contributed by atoms with E-state index in [1.54, 1.807) is 24.1 Å². The van der Waals surface area contributed by atoms with Gasteiger partial charge in [0.05, 0.1) is 0 Å². The van der Waals surface area contributed by atoms with Gasteiger partial charge >= 0.3 is 5.97 Å². The summed E-state index contributed by atoms with van der Waals surface area (Å²) in [6.07, 6.45) is 4.89. The molecule has 4 heteroatoms. The predicted molar refractivity (Wildman–Crippen MR) is 52.2 cm³/mol. The average molecular weight is 197 g/mol. The Balaban J connectivity index is 2.52. The Hall–Kier alpha value is -1.29. The van der Waals surface area contributed by atoms with E-state index < -0.39 is 12.0 Å². The molecule has 0 saturated heterocycles. The minimum atomic E-state index is -0.794. The van der Waals surface area contributed by atoms with E-state index >= 15 is 0 Å². The van der Waals surface area contributed by atoms with E-state index in [1.165, 1.54) is 0 Å². The molecule has 0 aromatic carbocycles. The zero-order valence-electron chi connectivity index (χ0n) is 8.22. The van der Waals surface area contributed by atoms with Crippen molar-refractivity contribution in [2.75, 3.05) is 13.7 Å². The Morgan fingerprint density at radius 2 is 2.14 bits per heavy atom. The van der Waals surface area contributed by atoms with Crippen LogP contribution in [0.2, 0.25) is 0 Å². The van der Waals surface area contributed by atoms with Gasteiger partial charge in [0.2, 0.25) is 0 Å². The van der Waals surface area contributed by atoms with Crippen LogP contribution in [0.4, 0.5) is 0 Å². The average Bonchev–Trinajstić information content (AvgIpc) is 2.64. The van der Waals surface area contributed by atoms with Crippen LogP contribution in [0.15, 0.2) is 24.5 Å². The number of rotatable bonds is 6. The Labute approximate surface area is 83.1 Å². The maximum absolute atomic E-state index is 10.9. The number of hydrogen-bond acceptors (Lipinski definition) is 2. The molecule has 0 radical (unpaired) electrons. The van der Waals surface area contributed by atoms with Crippen molar-refractivity contribution in [3.63, 3.8) is 0 Å². The molecule has 4 nitrogen and oxygen atoms in total. The molecule has 1 heterocycles. The van der Waals surface area contributed by atoms with Crippen molar-refractivity contribution in [2.45, 2.75) is 18.9 Å². The quantitative estimate of drug-likeness (QED) is 0.704. The third-order valence-electron chi connectivity index (χ3n) is 2.10. The zero-order chi connectivity index (χ0) is 10.4. The van der Waals surface area contributed by atoms with E-state index in [4.69, 9.17) is 9.84 Å². The molecule has 1 N–H and O–H groups in total. The smallest absolute Gasteiger partial charge is 0.326 e. The summed E-state index contributed by atoms with van der Waals surface area (Å²) in [6, 6.07) is 3.18. The van der Waals surface area contributed by atoms with Crippen LogP contribution in [0.1, 0.15) is 18.9 Å². The molecular formula is C10H15NO3. The summed E-state index contributed by atoms with van der Waals surface area (Å²) in [5.41, 5.74) is 0. The first kappa shape index (κ1) is 10.8. The maximum atomic E-state index is 10.9. The van der Waals surface area contributed by atoms with Gasteiger partial charge in [-0.25, -0.2) is 4.79 Å². The van der Waals surface area contributed by atoms with Crippen molar-refractivity contribution in [1.29, 1.82) is 0 Å². The van der Waals surface area contributed by atoms with E-state index in [0.717, 1.165) is 6.42 Å². The van der Waals surface area contributed by atoms with E-state index in [0.29, 0.717) is 13.0 Å². The Morgan fingerprint density at radius 1 is 1.50 bits per heavy atom. The number of aliphatic carboxylic acids is 1. The molecule has 1 atom stereocenters. The van der Waals surface area contributed by atoms with Gasteiger partial charge in [-0.05, 0) is 25.0 Å². The van der Waals surface area contributed by atoms with Gasteiger partial charge < -0.3 is 14.4 Å². The fourth-order valence-electron chi connectivity index (χ4n) is 1.38. The van der Waals surface area contributed by atoms with Crippen molar-refractivity contribution >= 4 is 5.97 Å². The lowest BCUT2D eigenvalue weighted by Gasteiger charge is -2.13. The molecule has 1 unspecified atom stereocenters. The summed E-state index contributed by atoms with van der Waals surface area (Å²) in [6.45, 7) is 0.602. The highest BCUT2D eigenvalue weighted by Gasteiger charge is 2.17. The number of carboxylic acids is 1. The molecule has 1 aromatic heterocycles. The van der Waals surface area contributed by atoms with Crippen LogP contribution in [-0.4, -0.2) is 29.4 Å². The summed E-state index contributed by atoms with van der Waals surface area (Å²) in [5, 5.41) is 8.98. The third kappa shape index (κ3) is 2.88. The van der Waals surface area contributed by atoms with Crippen molar-refractivity contribution in [3.8, 4) is 0 Å². The minimum absolute atomic E-state index is 0.472. The number of aromatic nitrogens is 1. The first-order chi connectivity index (χ1) is 6.75. The maximum Gasteiger partial charge on any atom is 0.326 e. The van der Waals surface area contributed by atoms with Gasteiger partial charge in [0.1, 0.15) is 6.04 Å². The lowest BCUT2D eigenvalue weighted by molar-refractivity contribution is -0.141. The number of carboxylic acid groups (broad SMARTS) is 1. The monoisotopic (exact) mass is 197 g/mol. The van der Waals surface area contributed by atoms with Crippen molar-refractivity contribution in [1.82, 2.24) is 4.57 Å². The molecule has 14 heavy (non-hydrogen) atoms. The second kappa shape index (κ2) is 5.44. The molecule has 0 saturated carbocycles. The van der Waals surface area contributed by atoms with Crippen LogP contribution in [0.3, 0.4) is 0 Å². The third-order valence-corrected chi connectivity index (χ3v) is 2.10. The van der Waals surface area contributed by atoms with Gasteiger partial charge in [-0.1, -0.05) is 0 Å². The highest BCUT2D eigenvalue weighted by atomic mass is 16.5. The number of ether oxygens (including phenoxy) is 1. The fourth-order valence-corrected chi connectivity index (χ4v) is 1.38. The summed E-state index contributed by atoms with van der Waals surface area (Å²) in [5.74, 6) is -0.794.